The molecule has 0 atom stereocenters. The maximum Gasteiger partial charge on any atom is 0.292 e. The number of para-hydroxylation sites is 2. The van der Waals surface area contributed by atoms with Crippen LogP contribution in [0.2, 0.25) is 5.02 Å². The first-order chi connectivity index (χ1) is 11.5. The molecule has 1 N–H and O–H groups in total. The van der Waals surface area contributed by atoms with Crippen molar-refractivity contribution in [2.75, 3.05) is 5.32 Å². The molecule has 3 aromatic rings. The van der Waals surface area contributed by atoms with Gasteiger partial charge in [-0.15, -0.1) is 0 Å². The monoisotopic (exact) mass is 342 g/mol. The maximum absolute atomic E-state index is 12.2. The molecule has 0 saturated carbocycles. The number of halogens is 1. The molecule has 2 aromatic carbocycles. The van der Waals surface area contributed by atoms with Gasteiger partial charge in [0.05, 0.1) is 4.92 Å². The SMILES string of the molecule is O=C(Nc1ccccc1[N+](=O)[O-])c1ccc(-c2ccc(Cl)cc2)o1. The summed E-state index contributed by atoms with van der Waals surface area (Å²) in [5, 5.41) is 14.1. The summed E-state index contributed by atoms with van der Waals surface area (Å²) in [6.45, 7) is 0. The minimum absolute atomic E-state index is 0.0538. The van der Waals surface area contributed by atoms with Gasteiger partial charge in [0.1, 0.15) is 11.4 Å². The second-order valence-electron chi connectivity index (χ2n) is 4.90. The van der Waals surface area contributed by atoms with Crippen LogP contribution in [0.25, 0.3) is 11.3 Å². The molecule has 1 aromatic heterocycles. The average Bonchev–Trinajstić information content (AvgIpc) is 3.06. The Morgan fingerprint density at radius 2 is 1.75 bits per heavy atom. The van der Waals surface area contributed by atoms with E-state index < -0.39 is 10.8 Å². The normalized spacial score (nSPS) is 10.4. The molecule has 120 valence electrons. The Bertz CT molecular complexity index is 903. The lowest BCUT2D eigenvalue weighted by atomic mass is 10.2. The lowest BCUT2D eigenvalue weighted by Crippen LogP contribution is -2.12. The van der Waals surface area contributed by atoms with Crippen LogP contribution in [0.4, 0.5) is 11.4 Å². The number of nitro groups is 1. The van der Waals surface area contributed by atoms with Gasteiger partial charge in [0.25, 0.3) is 11.6 Å². The van der Waals surface area contributed by atoms with Gasteiger partial charge in [0, 0.05) is 16.7 Å². The Balaban J connectivity index is 1.82. The number of amides is 1. The fraction of sp³-hybridized carbons (Fsp3) is 0. The van der Waals surface area contributed by atoms with Crippen LogP contribution in [-0.4, -0.2) is 10.8 Å². The number of nitrogens with zero attached hydrogens (tertiary/aromatic N) is 1. The molecule has 0 bridgehead atoms. The number of anilines is 1. The first kappa shape index (κ1) is 15.8. The highest BCUT2D eigenvalue weighted by Gasteiger charge is 2.18. The number of carbonyl (C=O) groups is 1. The Morgan fingerprint density at radius 1 is 1.04 bits per heavy atom. The molecule has 24 heavy (non-hydrogen) atoms. The Hall–Kier alpha value is -3.12. The molecule has 1 heterocycles. The maximum atomic E-state index is 12.2. The van der Waals surface area contributed by atoms with Gasteiger partial charge in [-0.3, -0.25) is 14.9 Å². The first-order valence-corrected chi connectivity index (χ1v) is 7.33. The van der Waals surface area contributed by atoms with Crippen molar-refractivity contribution in [1.29, 1.82) is 0 Å². The zero-order valence-corrected chi connectivity index (χ0v) is 13.0. The molecule has 0 spiro atoms. The molecule has 0 fully saturated rings. The smallest absolute Gasteiger partial charge is 0.292 e. The highest BCUT2D eigenvalue weighted by Crippen LogP contribution is 2.26. The zero-order chi connectivity index (χ0) is 17.1. The van der Waals surface area contributed by atoms with Crippen molar-refractivity contribution in [1.82, 2.24) is 0 Å². The molecule has 6 nitrogen and oxygen atoms in total. The molecule has 7 heteroatoms. The van der Waals surface area contributed by atoms with Crippen LogP contribution in [0.5, 0.6) is 0 Å². The molecular weight excluding hydrogens is 332 g/mol. The van der Waals surface area contributed by atoms with Gasteiger partial charge in [0.15, 0.2) is 5.76 Å². The van der Waals surface area contributed by atoms with Crippen LogP contribution in [0, 0.1) is 10.1 Å². The lowest BCUT2D eigenvalue weighted by Gasteiger charge is -2.04. The minimum atomic E-state index is -0.565. The van der Waals surface area contributed by atoms with E-state index in [4.69, 9.17) is 16.0 Å². The Kier molecular flexibility index (Phi) is 4.31. The molecule has 0 unspecified atom stereocenters. The van der Waals surface area contributed by atoms with Gasteiger partial charge in [-0.25, -0.2) is 0 Å². The molecule has 3 rings (SSSR count). The number of hydrogen-bond donors (Lipinski definition) is 1. The van der Waals surface area contributed by atoms with E-state index in [0.717, 1.165) is 5.56 Å². The van der Waals surface area contributed by atoms with Crippen LogP contribution >= 0.6 is 11.6 Å². The predicted octanol–water partition coefficient (Wildman–Crippen LogP) is 4.76. The van der Waals surface area contributed by atoms with Gasteiger partial charge in [-0.1, -0.05) is 23.7 Å². The molecule has 1 amide bonds. The molecule has 0 aliphatic carbocycles. The van der Waals surface area contributed by atoms with Crippen molar-refractivity contribution in [3.05, 3.63) is 81.6 Å². The van der Waals surface area contributed by atoms with E-state index in [1.54, 1.807) is 36.4 Å². The van der Waals surface area contributed by atoms with E-state index >= 15 is 0 Å². The van der Waals surface area contributed by atoms with Crippen molar-refractivity contribution in [2.45, 2.75) is 0 Å². The van der Waals surface area contributed by atoms with Gasteiger partial charge >= 0.3 is 0 Å². The van der Waals surface area contributed by atoms with E-state index in [1.165, 1.54) is 24.3 Å². The largest absolute Gasteiger partial charge is 0.451 e. The van der Waals surface area contributed by atoms with E-state index in [2.05, 4.69) is 5.32 Å². The Morgan fingerprint density at radius 3 is 2.46 bits per heavy atom. The van der Waals surface area contributed by atoms with Gasteiger partial charge in [-0.05, 0) is 42.5 Å². The van der Waals surface area contributed by atoms with Gasteiger partial charge in [-0.2, -0.15) is 0 Å². The summed E-state index contributed by atoms with van der Waals surface area (Å²) >= 11 is 5.84. The zero-order valence-electron chi connectivity index (χ0n) is 12.2. The van der Waals surface area contributed by atoms with Gasteiger partial charge < -0.3 is 9.73 Å². The minimum Gasteiger partial charge on any atom is -0.451 e. The van der Waals surface area contributed by atoms with Crippen LogP contribution in [0.3, 0.4) is 0 Å². The molecule has 0 radical (unpaired) electrons. The third kappa shape index (κ3) is 3.28. The number of nitro benzene ring substituents is 1. The third-order valence-corrected chi connectivity index (χ3v) is 3.56. The van der Waals surface area contributed by atoms with Crippen molar-refractivity contribution >= 4 is 28.9 Å². The number of hydrogen-bond acceptors (Lipinski definition) is 4. The lowest BCUT2D eigenvalue weighted by molar-refractivity contribution is -0.383. The van der Waals surface area contributed by atoms with Crippen LogP contribution in [0.15, 0.2) is 65.1 Å². The van der Waals surface area contributed by atoms with Crippen molar-refractivity contribution < 1.29 is 14.1 Å². The number of carbonyl (C=O) groups excluding carboxylic acids is 1. The van der Waals surface area contributed by atoms with E-state index in [9.17, 15) is 14.9 Å². The highest BCUT2D eigenvalue weighted by atomic mass is 35.5. The van der Waals surface area contributed by atoms with Crippen LogP contribution in [0.1, 0.15) is 10.6 Å². The molecule has 0 aliphatic rings. The summed E-state index contributed by atoms with van der Waals surface area (Å²) in [4.78, 5) is 22.7. The third-order valence-electron chi connectivity index (χ3n) is 3.31. The molecule has 0 saturated heterocycles. The topological polar surface area (TPSA) is 85.4 Å². The second-order valence-corrected chi connectivity index (χ2v) is 5.34. The van der Waals surface area contributed by atoms with Crippen molar-refractivity contribution in [2.24, 2.45) is 0 Å². The molecular formula is C17H11ClN2O4. The quantitative estimate of drug-likeness (QED) is 0.547. The summed E-state index contributed by atoms with van der Waals surface area (Å²) in [7, 11) is 0. The highest BCUT2D eigenvalue weighted by molar-refractivity contribution is 6.30. The Labute approximate surface area is 141 Å². The summed E-state index contributed by atoms with van der Waals surface area (Å²) in [5.74, 6) is -0.0120. The van der Waals surface area contributed by atoms with E-state index in [1.807, 2.05) is 0 Å². The first-order valence-electron chi connectivity index (χ1n) is 6.95. The summed E-state index contributed by atoms with van der Waals surface area (Å²) < 4.78 is 5.52. The van der Waals surface area contributed by atoms with E-state index in [-0.39, 0.29) is 17.1 Å². The van der Waals surface area contributed by atoms with Crippen molar-refractivity contribution in [3.8, 4) is 11.3 Å². The standard InChI is InChI=1S/C17H11ClN2O4/c18-12-7-5-11(6-8-12)15-9-10-16(24-15)17(21)19-13-3-1-2-4-14(13)20(22)23/h1-10H,(H,19,21). The number of nitrogens with one attached hydrogen (secondary N) is 1. The van der Waals surface area contributed by atoms with Crippen molar-refractivity contribution in [3.63, 3.8) is 0 Å². The predicted molar refractivity (Wildman–Crippen MR) is 90.2 cm³/mol. The van der Waals surface area contributed by atoms with Gasteiger partial charge in [0.2, 0.25) is 0 Å². The summed E-state index contributed by atoms with van der Waals surface area (Å²) in [6, 6.07) is 16.0. The fourth-order valence-corrected chi connectivity index (χ4v) is 2.28. The van der Waals surface area contributed by atoms with E-state index in [0.29, 0.717) is 10.8 Å². The summed E-state index contributed by atoms with van der Waals surface area (Å²) in [6.07, 6.45) is 0. The summed E-state index contributed by atoms with van der Waals surface area (Å²) in [5.41, 5.74) is 0.691. The fourth-order valence-electron chi connectivity index (χ4n) is 2.15. The number of benzene rings is 2. The average molecular weight is 343 g/mol. The van der Waals surface area contributed by atoms with Crippen LogP contribution < -0.4 is 5.32 Å². The van der Waals surface area contributed by atoms with Crippen LogP contribution in [-0.2, 0) is 0 Å². The number of rotatable bonds is 4. The second kappa shape index (κ2) is 6.55. The molecule has 0 aliphatic heterocycles. The number of furan rings is 1.